The van der Waals surface area contributed by atoms with Crippen molar-refractivity contribution in [2.24, 2.45) is 0 Å². The summed E-state index contributed by atoms with van der Waals surface area (Å²) in [5.74, 6) is 5.87. The lowest BCUT2D eigenvalue weighted by molar-refractivity contribution is 0.140. The fraction of sp³-hybridized carbons (Fsp3) is 0.167. The molecule has 0 radical (unpaired) electrons. The first kappa shape index (κ1) is 16.7. The van der Waals surface area contributed by atoms with Crippen molar-refractivity contribution in [2.45, 2.75) is 13.0 Å². The van der Waals surface area contributed by atoms with Crippen molar-refractivity contribution in [1.82, 2.24) is 5.32 Å². The van der Waals surface area contributed by atoms with Crippen molar-refractivity contribution >= 4 is 23.4 Å². The Balaban J connectivity index is 1.70. The van der Waals surface area contributed by atoms with Crippen molar-refractivity contribution in [3.63, 3.8) is 0 Å². The number of anilines is 1. The molecule has 0 aliphatic heterocycles. The van der Waals surface area contributed by atoms with E-state index in [9.17, 15) is 4.79 Å². The summed E-state index contributed by atoms with van der Waals surface area (Å²) in [7, 11) is 0. The largest absolute Gasteiger partial charge is 0.445 e. The van der Waals surface area contributed by atoms with Crippen LogP contribution in [-0.2, 0) is 11.3 Å². The number of carbonyl (C=O) groups is 1. The van der Waals surface area contributed by atoms with Crippen LogP contribution in [0.3, 0.4) is 0 Å². The first-order chi connectivity index (χ1) is 11.1. The molecule has 2 rings (SSSR count). The van der Waals surface area contributed by atoms with Crippen LogP contribution in [0.5, 0.6) is 0 Å². The van der Waals surface area contributed by atoms with Crippen molar-refractivity contribution in [2.75, 3.05) is 12.3 Å². The van der Waals surface area contributed by atoms with Crippen LogP contribution in [0.2, 0.25) is 5.02 Å². The van der Waals surface area contributed by atoms with Crippen LogP contribution in [0.25, 0.3) is 0 Å². The van der Waals surface area contributed by atoms with Crippen LogP contribution in [0, 0.1) is 11.8 Å². The summed E-state index contributed by atoms with van der Waals surface area (Å²) in [6.45, 7) is 0.651. The molecule has 4 nitrogen and oxygen atoms in total. The molecule has 0 spiro atoms. The fourth-order valence-corrected chi connectivity index (χ4v) is 1.96. The van der Waals surface area contributed by atoms with E-state index in [0.717, 1.165) is 5.56 Å². The van der Waals surface area contributed by atoms with Crippen LogP contribution in [0.15, 0.2) is 48.5 Å². The third-order valence-electron chi connectivity index (χ3n) is 2.95. The summed E-state index contributed by atoms with van der Waals surface area (Å²) in [6.07, 6.45) is 0.0311. The van der Waals surface area contributed by atoms with Gasteiger partial charge in [0.1, 0.15) is 6.61 Å². The van der Waals surface area contributed by atoms with E-state index >= 15 is 0 Å². The molecule has 5 heteroatoms. The van der Waals surface area contributed by atoms with E-state index in [-0.39, 0.29) is 6.61 Å². The first-order valence-corrected chi connectivity index (χ1v) is 7.51. The number of amides is 1. The number of nitrogens with one attached hydrogen (secondary N) is 1. The zero-order chi connectivity index (χ0) is 16.5. The van der Waals surface area contributed by atoms with Gasteiger partial charge in [-0.2, -0.15) is 0 Å². The maximum atomic E-state index is 11.5. The Morgan fingerprint density at radius 1 is 1.22 bits per heavy atom. The molecule has 23 heavy (non-hydrogen) atoms. The number of carbonyl (C=O) groups excluding carboxylic acids is 1. The normalized spacial score (nSPS) is 9.61. The zero-order valence-corrected chi connectivity index (χ0v) is 13.3. The molecular formula is C18H17ClN2O2. The molecule has 0 bridgehead atoms. The Morgan fingerprint density at radius 2 is 2.00 bits per heavy atom. The minimum absolute atomic E-state index is 0.247. The van der Waals surface area contributed by atoms with Gasteiger partial charge in [-0.05, 0) is 23.8 Å². The maximum absolute atomic E-state index is 11.5. The van der Waals surface area contributed by atoms with Crippen LogP contribution >= 0.6 is 11.6 Å². The topological polar surface area (TPSA) is 64.3 Å². The van der Waals surface area contributed by atoms with Gasteiger partial charge in [-0.1, -0.05) is 53.8 Å². The van der Waals surface area contributed by atoms with E-state index in [1.807, 2.05) is 30.3 Å². The lowest BCUT2D eigenvalue weighted by Gasteiger charge is -2.05. The Kier molecular flexibility index (Phi) is 6.34. The maximum Gasteiger partial charge on any atom is 0.407 e. The lowest BCUT2D eigenvalue weighted by Crippen LogP contribution is -2.24. The van der Waals surface area contributed by atoms with E-state index < -0.39 is 6.09 Å². The second-order valence-electron chi connectivity index (χ2n) is 4.78. The van der Waals surface area contributed by atoms with Gasteiger partial charge < -0.3 is 15.8 Å². The molecule has 2 aromatic rings. The second-order valence-corrected chi connectivity index (χ2v) is 5.19. The molecule has 0 aliphatic carbocycles. The van der Waals surface area contributed by atoms with E-state index in [2.05, 4.69) is 17.2 Å². The second kappa shape index (κ2) is 8.72. The number of benzene rings is 2. The number of alkyl carbamates (subject to hydrolysis) is 1. The highest BCUT2D eigenvalue weighted by atomic mass is 35.5. The van der Waals surface area contributed by atoms with Gasteiger partial charge >= 0.3 is 6.09 Å². The molecule has 0 aliphatic rings. The van der Waals surface area contributed by atoms with Crippen LogP contribution in [0.4, 0.5) is 10.5 Å². The number of hydrogen-bond acceptors (Lipinski definition) is 3. The molecule has 0 fully saturated rings. The molecule has 0 saturated heterocycles. The number of nitrogen functional groups attached to an aromatic ring is 1. The van der Waals surface area contributed by atoms with Gasteiger partial charge in [0.05, 0.1) is 5.02 Å². The van der Waals surface area contributed by atoms with Crippen molar-refractivity contribution in [3.8, 4) is 11.8 Å². The average molecular weight is 329 g/mol. The van der Waals surface area contributed by atoms with E-state index in [1.165, 1.54) is 0 Å². The number of rotatable bonds is 4. The quantitative estimate of drug-likeness (QED) is 0.512. The van der Waals surface area contributed by atoms with Crippen molar-refractivity contribution in [3.05, 3.63) is 64.7 Å². The summed E-state index contributed by atoms with van der Waals surface area (Å²) in [4.78, 5) is 11.5. The van der Waals surface area contributed by atoms with Crippen molar-refractivity contribution < 1.29 is 9.53 Å². The third-order valence-corrected chi connectivity index (χ3v) is 3.28. The molecule has 0 saturated carbocycles. The Morgan fingerprint density at radius 3 is 2.78 bits per heavy atom. The summed E-state index contributed by atoms with van der Waals surface area (Å²) >= 11 is 6.01. The number of halogens is 1. The highest BCUT2D eigenvalue weighted by Crippen LogP contribution is 2.17. The summed E-state index contributed by atoms with van der Waals surface area (Å²) in [5, 5.41) is 3.20. The van der Waals surface area contributed by atoms with E-state index in [4.69, 9.17) is 22.1 Å². The molecular weight excluding hydrogens is 312 g/mol. The Hall–Kier alpha value is -2.64. The van der Waals surface area contributed by atoms with Gasteiger partial charge in [0.15, 0.2) is 0 Å². The monoisotopic (exact) mass is 328 g/mol. The van der Waals surface area contributed by atoms with E-state index in [0.29, 0.717) is 29.2 Å². The minimum Gasteiger partial charge on any atom is -0.445 e. The molecule has 1 amide bonds. The summed E-state index contributed by atoms with van der Waals surface area (Å²) in [5.41, 5.74) is 7.91. The molecule has 3 N–H and O–H groups in total. The first-order valence-electron chi connectivity index (χ1n) is 7.13. The van der Waals surface area contributed by atoms with Crippen LogP contribution in [-0.4, -0.2) is 12.6 Å². The SMILES string of the molecule is Nc1ccc(Cl)c(C#CCCNC(=O)OCc2ccccc2)c1. The average Bonchev–Trinajstić information content (AvgIpc) is 2.56. The van der Waals surface area contributed by atoms with Gasteiger partial charge in [-0.15, -0.1) is 0 Å². The van der Waals surface area contributed by atoms with E-state index in [1.54, 1.807) is 18.2 Å². The molecule has 118 valence electrons. The molecule has 0 unspecified atom stereocenters. The summed E-state index contributed by atoms with van der Waals surface area (Å²) in [6, 6.07) is 14.6. The van der Waals surface area contributed by atoms with Gasteiger partial charge in [0.25, 0.3) is 0 Å². The molecule has 0 aromatic heterocycles. The van der Waals surface area contributed by atoms with Gasteiger partial charge in [-0.3, -0.25) is 0 Å². The van der Waals surface area contributed by atoms with Gasteiger partial charge in [0, 0.05) is 24.2 Å². The standard InChI is InChI=1S/C18H17ClN2O2/c19-17-10-9-16(20)12-15(17)8-4-5-11-21-18(22)23-13-14-6-2-1-3-7-14/h1-3,6-7,9-10,12H,5,11,13,20H2,(H,21,22). The molecule has 0 atom stereocenters. The fourth-order valence-electron chi connectivity index (χ4n) is 1.80. The lowest BCUT2D eigenvalue weighted by atomic mass is 10.2. The third kappa shape index (κ3) is 5.93. The number of nitrogens with two attached hydrogens (primary N) is 1. The molecule has 0 heterocycles. The Labute approximate surface area is 140 Å². The predicted octanol–water partition coefficient (Wildman–Crippen LogP) is 3.59. The highest BCUT2D eigenvalue weighted by Gasteiger charge is 2.01. The van der Waals surface area contributed by atoms with Gasteiger partial charge in [-0.25, -0.2) is 4.79 Å². The smallest absolute Gasteiger partial charge is 0.407 e. The zero-order valence-electron chi connectivity index (χ0n) is 12.5. The van der Waals surface area contributed by atoms with Crippen LogP contribution < -0.4 is 11.1 Å². The minimum atomic E-state index is -0.461. The van der Waals surface area contributed by atoms with Gasteiger partial charge in [0.2, 0.25) is 0 Å². The molecule has 2 aromatic carbocycles. The summed E-state index contributed by atoms with van der Waals surface area (Å²) < 4.78 is 5.09. The van der Waals surface area contributed by atoms with Crippen molar-refractivity contribution in [1.29, 1.82) is 0 Å². The highest BCUT2D eigenvalue weighted by molar-refractivity contribution is 6.31. The predicted molar refractivity (Wildman–Crippen MR) is 92.0 cm³/mol. The Bertz CT molecular complexity index is 721. The van der Waals surface area contributed by atoms with Crippen LogP contribution in [0.1, 0.15) is 17.5 Å². The number of ether oxygens (including phenoxy) is 1. The number of hydrogen-bond donors (Lipinski definition) is 2.